The molecule has 0 aromatic heterocycles. The summed E-state index contributed by atoms with van der Waals surface area (Å²) in [7, 11) is 0. The highest BCUT2D eigenvalue weighted by Gasteiger charge is 2.36. The summed E-state index contributed by atoms with van der Waals surface area (Å²) in [6.45, 7) is 15.0. The van der Waals surface area contributed by atoms with Crippen LogP contribution < -0.4 is 10.1 Å². The van der Waals surface area contributed by atoms with E-state index < -0.39 is 0 Å². The summed E-state index contributed by atoms with van der Waals surface area (Å²) in [6, 6.07) is 4.41. The molecule has 2 rings (SSSR count). The van der Waals surface area contributed by atoms with E-state index in [0.717, 1.165) is 35.9 Å². The van der Waals surface area contributed by atoms with Crippen LogP contribution in [0, 0.1) is 0 Å². The number of rotatable bonds is 3. The molecule has 1 aromatic rings. The largest absolute Gasteiger partial charge is 0.492 e. The molecule has 2 nitrogen and oxygen atoms in total. The molecule has 0 amide bonds. The van der Waals surface area contributed by atoms with Crippen molar-refractivity contribution in [3.8, 4) is 5.75 Å². The molecule has 1 aliphatic heterocycles. The number of benzene rings is 1. The van der Waals surface area contributed by atoms with Gasteiger partial charge < -0.3 is 10.1 Å². The molecule has 21 heavy (non-hydrogen) atoms. The van der Waals surface area contributed by atoms with Crippen molar-refractivity contribution in [2.24, 2.45) is 0 Å². The number of hydrogen-bond donors (Lipinski definition) is 1. The van der Waals surface area contributed by atoms with Crippen LogP contribution >= 0.6 is 12.2 Å². The Labute approximate surface area is 134 Å². The minimum absolute atomic E-state index is 0.0425. The van der Waals surface area contributed by atoms with Crippen LogP contribution in [0.3, 0.4) is 0 Å². The van der Waals surface area contributed by atoms with E-state index in [1.807, 2.05) is 0 Å². The molecule has 0 bridgehead atoms. The number of nitrogens with one attached hydrogen (secondary N) is 1. The van der Waals surface area contributed by atoms with Gasteiger partial charge in [0.2, 0.25) is 0 Å². The van der Waals surface area contributed by atoms with Gasteiger partial charge in [-0.25, -0.2) is 0 Å². The van der Waals surface area contributed by atoms with Gasteiger partial charge in [-0.05, 0) is 24.0 Å². The van der Waals surface area contributed by atoms with Crippen LogP contribution in [-0.4, -0.2) is 18.1 Å². The molecule has 3 heteroatoms. The first kappa shape index (κ1) is 16.3. The van der Waals surface area contributed by atoms with Crippen LogP contribution in [-0.2, 0) is 10.8 Å². The lowest BCUT2D eigenvalue weighted by molar-refractivity contribution is 0.286. The van der Waals surface area contributed by atoms with Crippen molar-refractivity contribution in [3.05, 3.63) is 28.8 Å². The van der Waals surface area contributed by atoms with E-state index in [1.54, 1.807) is 0 Å². The van der Waals surface area contributed by atoms with Gasteiger partial charge in [-0.2, -0.15) is 0 Å². The quantitative estimate of drug-likeness (QED) is 0.840. The van der Waals surface area contributed by atoms with Crippen molar-refractivity contribution in [1.29, 1.82) is 0 Å². The topological polar surface area (TPSA) is 21.3 Å². The Morgan fingerprint density at radius 2 is 2.00 bits per heavy atom. The van der Waals surface area contributed by atoms with Crippen LogP contribution in [0.25, 0.3) is 0 Å². The van der Waals surface area contributed by atoms with Gasteiger partial charge in [0.1, 0.15) is 10.7 Å². The zero-order chi connectivity index (χ0) is 15.8. The van der Waals surface area contributed by atoms with Gasteiger partial charge in [-0.1, -0.05) is 53.8 Å². The summed E-state index contributed by atoms with van der Waals surface area (Å²) < 4.78 is 6.02. The Morgan fingerprint density at radius 3 is 2.57 bits per heavy atom. The second-order valence-corrected chi connectivity index (χ2v) is 7.99. The zero-order valence-electron chi connectivity index (χ0n) is 14.1. The van der Waals surface area contributed by atoms with Crippen molar-refractivity contribution < 1.29 is 4.74 Å². The van der Waals surface area contributed by atoms with Crippen LogP contribution in [0.4, 0.5) is 0 Å². The third-order valence-electron chi connectivity index (χ3n) is 4.00. The summed E-state index contributed by atoms with van der Waals surface area (Å²) in [5, 5.41) is 3.34. The highest BCUT2D eigenvalue weighted by Crippen LogP contribution is 2.45. The maximum Gasteiger partial charge on any atom is 0.126 e. The Morgan fingerprint density at radius 1 is 1.33 bits per heavy atom. The first-order valence-electron chi connectivity index (χ1n) is 7.77. The molecule has 116 valence electrons. The normalized spacial score (nSPS) is 16.3. The fourth-order valence-corrected chi connectivity index (χ4v) is 2.87. The molecule has 1 aliphatic rings. The average molecular weight is 305 g/mol. The molecule has 0 fully saturated rings. The van der Waals surface area contributed by atoms with E-state index >= 15 is 0 Å². The van der Waals surface area contributed by atoms with Gasteiger partial charge in [0, 0.05) is 28.7 Å². The molecule has 0 radical (unpaired) electrons. The van der Waals surface area contributed by atoms with Crippen LogP contribution in [0.15, 0.2) is 12.1 Å². The molecule has 0 aliphatic carbocycles. The van der Waals surface area contributed by atoms with E-state index in [1.165, 1.54) is 11.1 Å². The highest BCUT2D eigenvalue weighted by molar-refractivity contribution is 7.80. The maximum absolute atomic E-state index is 6.02. The molecule has 1 aromatic carbocycles. The third kappa shape index (κ3) is 3.23. The van der Waals surface area contributed by atoms with Crippen molar-refractivity contribution in [3.63, 3.8) is 0 Å². The SMILES string of the molecule is CCCNC(=S)c1cc(C(C)(C)C)c2c(c1)C(C)(C)CO2. The predicted molar refractivity (Wildman–Crippen MR) is 93.7 cm³/mol. The summed E-state index contributed by atoms with van der Waals surface area (Å²) >= 11 is 5.56. The van der Waals surface area contributed by atoms with Gasteiger partial charge in [0.15, 0.2) is 0 Å². The minimum atomic E-state index is 0.0425. The van der Waals surface area contributed by atoms with E-state index in [4.69, 9.17) is 17.0 Å². The van der Waals surface area contributed by atoms with E-state index in [2.05, 4.69) is 59.0 Å². The number of thiocarbonyl (C=S) groups is 1. The van der Waals surface area contributed by atoms with Crippen molar-refractivity contribution in [1.82, 2.24) is 5.32 Å². The lowest BCUT2D eigenvalue weighted by Gasteiger charge is -2.24. The van der Waals surface area contributed by atoms with E-state index in [0.29, 0.717) is 0 Å². The molecule has 0 unspecified atom stereocenters. The van der Waals surface area contributed by atoms with Gasteiger partial charge in [0.05, 0.1) is 6.61 Å². The van der Waals surface area contributed by atoms with E-state index in [-0.39, 0.29) is 10.8 Å². The van der Waals surface area contributed by atoms with Crippen molar-refractivity contribution in [2.45, 2.75) is 58.8 Å². The molecule has 1 heterocycles. The number of fused-ring (bicyclic) bond motifs is 1. The van der Waals surface area contributed by atoms with Crippen LogP contribution in [0.2, 0.25) is 0 Å². The lowest BCUT2D eigenvalue weighted by atomic mass is 9.79. The molecule has 0 spiro atoms. The maximum atomic E-state index is 6.02. The standard InChI is InChI=1S/C18H27NOS/c1-7-8-19-16(21)12-9-13(17(2,3)4)15-14(10-12)18(5,6)11-20-15/h9-10H,7-8,11H2,1-6H3,(H,19,21). The zero-order valence-corrected chi connectivity index (χ0v) is 14.9. The molecular weight excluding hydrogens is 278 g/mol. The smallest absolute Gasteiger partial charge is 0.126 e. The molecular formula is C18H27NOS. The van der Waals surface area contributed by atoms with Crippen molar-refractivity contribution in [2.75, 3.05) is 13.2 Å². The Hall–Kier alpha value is -1.09. The van der Waals surface area contributed by atoms with Crippen molar-refractivity contribution >= 4 is 17.2 Å². The fraction of sp³-hybridized carbons (Fsp3) is 0.611. The predicted octanol–water partition coefficient (Wildman–Crippen LogP) is 4.33. The molecule has 0 saturated carbocycles. The second-order valence-electron chi connectivity index (χ2n) is 7.58. The summed E-state index contributed by atoms with van der Waals surface area (Å²) in [4.78, 5) is 0.841. The third-order valence-corrected chi connectivity index (χ3v) is 4.38. The van der Waals surface area contributed by atoms with Gasteiger partial charge in [-0.3, -0.25) is 0 Å². The Bertz CT molecular complexity index is 555. The first-order chi connectivity index (χ1) is 9.66. The monoisotopic (exact) mass is 305 g/mol. The van der Waals surface area contributed by atoms with Gasteiger partial charge >= 0.3 is 0 Å². The molecule has 0 atom stereocenters. The average Bonchev–Trinajstić information content (AvgIpc) is 2.70. The molecule has 0 saturated heterocycles. The number of ether oxygens (including phenoxy) is 1. The summed E-state index contributed by atoms with van der Waals surface area (Å²) in [6.07, 6.45) is 1.08. The highest BCUT2D eigenvalue weighted by atomic mass is 32.1. The first-order valence-corrected chi connectivity index (χ1v) is 8.17. The number of hydrogen-bond acceptors (Lipinski definition) is 2. The van der Waals surface area contributed by atoms with Crippen LogP contribution in [0.1, 0.15) is 64.7 Å². The Kier molecular flexibility index (Phi) is 4.34. The summed E-state index contributed by atoms with van der Waals surface area (Å²) in [5.74, 6) is 1.06. The second kappa shape index (κ2) is 5.60. The minimum Gasteiger partial charge on any atom is -0.492 e. The van der Waals surface area contributed by atoms with Gasteiger partial charge in [0.25, 0.3) is 0 Å². The lowest BCUT2D eigenvalue weighted by Crippen LogP contribution is -2.25. The van der Waals surface area contributed by atoms with Crippen LogP contribution in [0.5, 0.6) is 5.75 Å². The van der Waals surface area contributed by atoms with E-state index in [9.17, 15) is 0 Å². The molecule has 1 N–H and O–H groups in total. The summed E-state index contributed by atoms with van der Waals surface area (Å²) in [5.41, 5.74) is 3.74. The van der Waals surface area contributed by atoms with Gasteiger partial charge in [-0.15, -0.1) is 0 Å². The Balaban J connectivity index is 2.53. The fourth-order valence-electron chi connectivity index (χ4n) is 2.65.